The molecule has 1 aliphatic carbocycles. The molecule has 7 heteroatoms. The van der Waals surface area contributed by atoms with Gasteiger partial charge in [-0.3, -0.25) is 9.89 Å². The molecule has 1 fully saturated rings. The number of thioether (sulfide) groups is 1. The molecule has 1 aliphatic rings. The van der Waals surface area contributed by atoms with Gasteiger partial charge < -0.3 is 10.1 Å². The van der Waals surface area contributed by atoms with Crippen molar-refractivity contribution < 1.29 is 9.53 Å². The molecule has 2 aromatic rings. The van der Waals surface area contributed by atoms with E-state index in [0.29, 0.717) is 16.6 Å². The molecule has 1 amide bonds. The monoisotopic (exact) mass is 360 g/mol. The van der Waals surface area contributed by atoms with Crippen molar-refractivity contribution in [2.45, 2.75) is 44.2 Å². The Balaban J connectivity index is 1.50. The summed E-state index contributed by atoms with van der Waals surface area (Å²) in [6.07, 6.45) is 6.17. The van der Waals surface area contributed by atoms with Gasteiger partial charge in [-0.15, -0.1) is 5.10 Å². The number of methoxy groups -OCH3 is 1. The molecule has 1 aromatic heterocycles. The second-order valence-corrected chi connectivity index (χ2v) is 7.40. The molecule has 0 spiro atoms. The van der Waals surface area contributed by atoms with Crippen LogP contribution in [0.4, 0.5) is 5.69 Å². The van der Waals surface area contributed by atoms with Crippen LogP contribution in [0.2, 0.25) is 0 Å². The Morgan fingerprint density at radius 3 is 2.96 bits per heavy atom. The van der Waals surface area contributed by atoms with E-state index in [-0.39, 0.29) is 11.7 Å². The quantitative estimate of drug-likeness (QED) is 0.738. The number of carbonyl (C=O) groups excluding carboxylic acids is 1. The molecule has 2 N–H and O–H groups in total. The van der Waals surface area contributed by atoms with Gasteiger partial charge in [0, 0.05) is 6.42 Å². The molecule has 0 atom stereocenters. The third-order valence-corrected chi connectivity index (χ3v) is 5.28. The summed E-state index contributed by atoms with van der Waals surface area (Å²) in [6.45, 7) is 1.98. The number of rotatable bonds is 7. The number of anilines is 1. The van der Waals surface area contributed by atoms with Gasteiger partial charge in [0.2, 0.25) is 11.1 Å². The molecular formula is C18H24N4O2S. The molecule has 0 bridgehead atoms. The lowest BCUT2D eigenvalue weighted by molar-refractivity contribution is -0.113. The van der Waals surface area contributed by atoms with E-state index in [1.54, 1.807) is 7.11 Å². The van der Waals surface area contributed by atoms with Crippen LogP contribution >= 0.6 is 11.8 Å². The van der Waals surface area contributed by atoms with Crippen molar-refractivity contribution in [2.24, 2.45) is 5.92 Å². The SMILES string of the molecule is COc1ccc(C)cc1NC(=O)CSc1n[nH]c(CC2CCCC2)n1. The normalized spacial score (nSPS) is 14.6. The summed E-state index contributed by atoms with van der Waals surface area (Å²) in [5.74, 6) is 2.47. The standard InChI is InChI=1S/C18H24N4O2S/c1-12-7-8-15(24-2)14(9-12)19-17(23)11-25-18-20-16(21-22-18)10-13-5-3-4-6-13/h7-9,13H,3-6,10-11H2,1-2H3,(H,19,23)(H,20,21,22). The highest BCUT2D eigenvalue weighted by atomic mass is 32.2. The number of aromatic nitrogens is 3. The highest BCUT2D eigenvalue weighted by Crippen LogP contribution is 2.28. The number of aryl methyl sites for hydroxylation is 1. The van der Waals surface area contributed by atoms with Crippen molar-refractivity contribution in [1.82, 2.24) is 15.2 Å². The summed E-state index contributed by atoms with van der Waals surface area (Å²) in [5, 5.41) is 10.7. The molecule has 6 nitrogen and oxygen atoms in total. The van der Waals surface area contributed by atoms with Gasteiger partial charge in [-0.1, -0.05) is 43.5 Å². The number of hydrogen-bond acceptors (Lipinski definition) is 5. The molecule has 3 rings (SSSR count). The summed E-state index contributed by atoms with van der Waals surface area (Å²) in [6, 6.07) is 5.69. The molecule has 134 valence electrons. The second kappa shape index (κ2) is 8.38. The highest BCUT2D eigenvalue weighted by Gasteiger charge is 2.17. The van der Waals surface area contributed by atoms with E-state index < -0.39 is 0 Å². The summed E-state index contributed by atoms with van der Waals surface area (Å²) in [7, 11) is 1.59. The van der Waals surface area contributed by atoms with Crippen LogP contribution in [0.3, 0.4) is 0 Å². The summed E-state index contributed by atoms with van der Waals surface area (Å²) >= 11 is 1.34. The summed E-state index contributed by atoms with van der Waals surface area (Å²) in [4.78, 5) is 16.7. The molecule has 0 saturated heterocycles. The maximum atomic E-state index is 12.2. The van der Waals surface area contributed by atoms with Gasteiger partial charge in [-0.25, -0.2) is 4.98 Å². The van der Waals surface area contributed by atoms with E-state index in [1.165, 1.54) is 37.4 Å². The first kappa shape index (κ1) is 17.8. The fraction of sp³-hybridized carbons (Fsp3) is 0.500. The summed E-state index contributed by atoms with van der Waals surface area (Å²) in [5.41, 5.74) is 1.75. The van der Waals surface area contributed by atoms with Crippen molar-refractivity contribution in [2.75, 3.05) is 18.2 Å². The third-order valence-electron chi connectivity index (χ3n) is 4.43. The van der Waals surface area contributed by atoms with E-state index in [1.807, 2.05) is 25.1 Å². The lowest BCUT2D eigenvalue weighted by Crippen LogP contribution is -2.15. The van der Waals surface area contributed by atoms with Crippen LogP contribution in [0.25, 0.3) is 0 Å². The zero-order valence-electron chi connectivity index (χ0n) is 14.7. The maximum Gasteiger partial charge on any atom is 0.234 e. The Morgan fingerprint density at radius 1 is 1.40 bits per heavy atom. The van der Waals surface area contributed by atoms with Crippen LogP contribution < -0.4 is 10.1 Å². The van der Waals surface area contributed by atoms with Gasteiger partial charge >= 0.3 is 0 Å². The first-order chi connectivity index (χ1) is 12.1. The molecule has 0 aliphatic heterocycles. The molecule has 1 saturated carbocycles. The highest BCUT2D eigenvalue weighted by molar-refractivity contribution is 7.99. The van der Waals surface area contributed by atoms with Gasteiger partial charge in [0.1, 0.15) is 11.6 Å². The first-order valence-electron chi connectivity index (χ1n) is 8.62. The molecule has 1 heterocycles. The number of nitrogens with zero attached hydrogens (tertiary/aromatic N) is 2. The van der Waals surface area contributed by atoms with E-state index >= 15 is 0 Å². The number of aromatic amines is 1. The number of benzene rings is 1. The zero-order chi connectivity index (χ0) is 17.6. The van der Waals surface area contributed by atoms with Crippen molar-refractivity contribution in [3.63, 3.8) is 0 Å². The number of amides is 1. The largest absolute Gasteiger partial charge is 0.495 e. The van der Waals surface area contributed by atoms with Crippen molar-refractivity contribution in [3.05, 3.63) is 29.6 Å². The molecule has 25 heavy (non-hydrogen) atoms. The Kier molecular flexibility index (Phi) is 5.96. The Labute approximate surface area is 152 Å². The predicted molar refractivity (Wildman–Crippen MR) is 99.1 cm³/mol. The third kappa shape index (κ3) is 4.98. The predicted octanol–water partition coefficient (Wildman–Crippen LogP) is 3.59. The first-order valence-corrected chi connectivity index (χ1v) is 9.61. The van der Waals surface area contributed by atoms with Crippen LogP contribution in [0.15, 0.2) is 23.4 Å². The van der Waals surface area contributed by atoms with Crippen LogP contribution in [0.1, 0.15) is 37.1 Å². The number of hydrogen-bond donors (Lipinski definition) is 2. The minimum Gasteiger partial charge on any atom is -0.495 e. The fourth-order valence-corrected chi connectivity index (χ4v) is 3.77. The topological polar surface area (TPSA) is 79.9 Å². The summed E-state index contributed by atoms with van der Waals surface area (Å²) < 4.78 is 5.28. The minimum atomic E-state index is -0.101. The smallest absolute Gasteiger partial charge is 0.234 e. The van der Waals surface area contributed by atoms with Crippen molar-refractivity contribution in [3.8, 4) is 5.75 Å². The lowest BCUT2D eigenvalue weighted by Gasteiger charge is -2.10. The van der Waals surface area contributed by atoms with Crippen LogP contribution in [0.5, 0.6) is 5.75 Å². The molecule has 0 radical (unpaired) electrons. The van der Waals surface area contributed by atoms with E-state index in [4.69, 9.17) is 4.74 Å². The number of carbonyl (C=O) groups is 1. The van der Waals surface area contributed by atoms with E-state index in [9.17, 15) is 4.79 Å². The molecular weight excluding hydrogens is 336 g/mol. The number of nitrogens with one attached hydrogen (secondary N) is 2. The van der Waals surface area contributed by atoms with Gasteiger partial charge in [-0.2, -0.15) is 0 Å². The van der Waals surface area contributed by atoms with Crippen LogP contribution in [-0.2, 0) is 11.2 Å². The van der Waals surface area contributed by atoms with Crippen molar-refractivity contribution >= 4 is 23.4 Å². The Bertz CT molecular complexity index is 726. The van der Waals surface area contributed by atoms with Crippen LogP contribution in [-0.4, -0.2) is 34.0 Å². The molecule has 0 unspecified atom stereocenters. The Morgan fingerprint density at radius 2 is 2.20 bits per heavy atom. The van der Waals surface area contributed by atoms with E-state index in [2.05, 4.69) is 20.5 Å². The van der Waals surface area contributed by atoms with E-state index in [0.717, 1.165) is 23.7 Å². The number of H-pyrrole nitrogens is 1. The average Bonchev–Trinajstić information content (AvgIpc) is 3.26. The average molecular weight is 360 g/mol. The van der Waals surface area contributed by atoms with Crippen LogP contribution in [0, 0.1) is 12.8 Å². The maximum absolute atomic E-state index is 12.2. The second-order valence-electron chi connectivity index (χ2n) is 6.46. The fourth-order valence-electron chi connectivity index (χ4n) is 3.16. The minimum absolute atomic E-state index is 0.101. The van der Waals surface area contributed by atoms with Crippen molar-refractivity contribution in [1.29, 1.82) is 0 Å². The Hall–Kier alpha value is -2.02. The van der Waals surface area contributed by atoms with Gasteiger partial charge in [0.25, 0.3) is 0 Å². The lowest BCUT2D eigenvalue weighted by atomic mass is 10.0. The zero-order valence-corrected chi connectivity index (χ0v) is 15.5. The number of ether oxygens (including phenoxy) is 1. The van der Waals surface area contributed by atoms with Gasteiger partial charge in [-0.05, 0) is 30.5 Å². The van der Waals surface area contributed by atoms with Gasteiger partial charge in [0.15, 0.2) is 0 Å². The molecule has 1 aromatic carbocycles. The van der Waals surface area contributed by atoms with Gasteiger partial charge in [0.05, 0.1) is 18.6 Å².